The number of anilines is 1. The zero-order valence-electron chi connectivity index (χ0n) is 18.2. The van der Waals surface area contributed by atoms with E-state index in [9.17, 15) is 14.0 Å². The van der Waals surface area contributed by atoms with Crippen LogP contribution < -0.4 is 16.1 Å². The molecule has 0 atom stereocenters. The van der Waals surface area contributed by atoms with Gasteiger partial charge in [0.15, 0.2) is 11.2 Å². The fourth-order valence-corrected chi connectivity index (χ4v) is 4.57. The Hall–Kier alpha value is -3.40. The molecular formula is C22H26FN7O2. The third-order valence-corrected chi connectivity index (χ3v) is 6.34. The molecule has 5 rings (SSSR count). The number of halogens is 1. The molecule has 3 aromatic heterocycles. The first-order chi connectivity index (χ1) is 15.4. The Morgan fingerprint density at radius 1 is 1.09 bits per heavy atom. The molecular weight excluding hydrogens is 413 g/mol. The number of fused-ring (bicyclic) bond motifs is 3. The van der Waals surface area contributed by atoms with Gasteiger partial charge in [-0.3, -0.25) is 23.6 Å². The molecule has 168 valence electrons. The number of H-pyrrole nitrogens is 1. The molecule has 4 heterocycles. The van der Waals surface area contributed by atoms with Crippen molar-refractivity contribution in [2.45, 2.75) is 19.9 Å². The summed E-state index contributed by atoms with van der Waals surface area (Å²) in [7, 11) is 1.60. The van der Waals surface area contributed by atoms with Crippen molar-refractivity contribution in [2.24, 2.45) is 7.05 Å². The fourth-order valence-electron chi connectivity index (χ4n) is 4.57. The number of piperazine rings is 1. The fraction of sp³-hybridized carbons (Fsp3) is 0.409. The van der Waals surface area contributed by atoms with E-state index in [1.54, 1.807) is 17.5 Å². The van der Waals surface area contributed by atoms with Crippen LogP contribution in [-0.2, 0) is 13.6 Å². The van der Waals surface area contributed by atoms with E-state index in [0.717, 1.165) is 51.4 Å². The third-order valence-electron chi connectivity index (χ3n) is 6.34. The van der Waals surface area contributed by atoms with E-state index in [0.29, 0.717) is 22.6 Å². The first-order valence-electron chi connectivity index (χ1n) is 10.8. The minimum absolute atomic E-state index is 0.170. The zero-order chi connectivity index (χ0) is 22.4. The van der Waals surface area contributed by atoms with Gasteiger partial charge in [0.05, 0.1) is 5.69 Å². The van der Waals surface area contributed by atoms with Gasteiger partial charge in [0.25, 0.3) is 5.56 Å². The van der Waals surface area contributed by atoms with Gasteiger partial charge in [-0.05, 0) is 32.0 Å². The number of hydrogen-bond donors (Lipinski definition) is 1. The van der Waals surface area contributed by atoms with E-state index >= 15 is 0 Å². The van der Waals surface area contributed by atoms with Crippen molar-refractivity contribution in [3.63, 3.8) is 0 Å². The Bertz CT molecular complexity index is 1410. The Labute approximate surface area is 183 Å². The number of para-hydroxylation sites is 1. The average molecular weight is 439 g/mol. The SMILES string of the molecule is Cc1cn2c3c(=O)[nH]c(=O)n(C)c3nc2n1CCCN1CCN(c2ccccc2F)CC1. The molecule has 1 aromatic carbocycles. The van der Waals surface area contributed by atoms with E-state index in [4.69, 9.17) is 0 Å². The zero-order valence-corrected chi connectivity index (χ0v) is 18.2. The van der Waals surface area contributed by atoms with Gasteiger partial charge in [0.1, 0.15) is 5.82 Å². The van der Waals surface area contributed by atoms with Crippen molar-refractivity contribution in [2.75, 3.05) is 37.6 Å². The van der Waals surface area contributed by atoms with Gasteiger partial charge in [-0.15, -0.1) is 0 Å². The predicted molar refractivity (Wildman–Crippen MR) is 121 cm³/mol. The number of benzene rings is 1. The van der Waals surface area contributed by atoms with E-state index in [-0.39, 0.29) is 5.82 Å². The number of aryl methyl sites for hydroxylation is 3. The van der Waals surface area contributed by atoms with Crippen LogP contribution in [0.4, 0.5) is 10.1 Å². The normalized spacial score (nSPS) is 15.3. The monoisotopic (exact) mass is 439 g/mol. The van der Waals surface area contributed by atoms with Gasteiger partial charge in [0, 0.05) is 51.7 Å². The maximum Gasteiger partial charge on any atom is 0.329 e. The molecule has 0 spiro atoms. The van der Waals surface area contributed by atoms with Crippen LogP contribution in [0.15, 0.2) is 40.1 Å². The molecule has 0 aliphatic carbocycles. The molecule has 1 aliphatic rings. The highest BCUT2D eigenvalue weighted by Gasteiger charge is 2.20. The van der Waals surface area contributed by atoms with E-state index in [1.165, 1.54) is 10.6 Å². The molecule has 1 fully saturated rings. The lowest BCUT2D eigenvalue weighted by Gasteiger charge is -2.36. The van der Waals surface area contributed by atoms with Crippen LogP contribution in [0.3, 0.4) is 0 Å². The van der Waals surface area contributed by atoms with Gasteiger partial charge < -0.3 is 9.47 Å². The molecule has 0 saturated carbocycles. The summed E-state index contributed by atoms with van der Waals surface area (Å²) in [6.07, 6.45) is 2.81. The summed E-state index contributed by atoms with van der Waals surface area (Å²) in [5.74, 6) is 0.491. The molecule has 1 N–H and O–H groups in total. The topological polar surface area (TPSA) is 83.6 Å². The summed E-state index contributed by atoms with van der Waals surface area (Å²) in [6.45, 7) is 7.05. The van der Waals surface area contributed by atoms with Crippen molar-refractivity contribution in [3.05, 3.63) is 62.8 Å². The van der Waals surface area contributed by atoms with Gasteiger partial charge >= 0.3 is 5.69 Å². The number of nitrogens with one attached hydrogen (secondary N) is 1. The average Bonchev–Trinajstić information content (AvgIpc) is 3.29. The molecule has 0 amide bonds. The maximum atomic E-state index is 14.0. The molecule has 1 saturated heterocycles. The van der Waals surface area contributed by atoms with Crippen LogP contribution in [0.25, 0.3) is 16.9 Å². The molecule has 0 unspecified atom stereocenters. The first-order valence-corrected chi connectivity index (χ1v) is 10.8. The molecule has 1 aliphatic heterocycles. The summed E-state index contributed by atoms with van der Waals surface area (Å²) in [4.78, 5) is 35.7. The second kappa shape index (κ2) is 7.94. The van der Waals surface area contributed by atoms with E-state index in [2.05, 4.69) is 24.3 Å². The van der Waals surface area contributed by atoms with Crippen LogP contribution in [0.1, 0.15) is 12.1 Å². The largest absolute Gasteiger partial charge is 0.367 e. The lowest BCUT2D eigenvalue weighted by Crippen LogP contribution is -2.47. The van der Waals surface area contributed by atoms with Crippen molar-refractivity contribution in [1.82, 2.24) is 28.4 Å². The lowest BCUT2D eigenvalue weighted by molar-refractivity contribution is 0.250. The van der Waals surface area contributed by atoms with Crippen molar-refractivity contribution in [1.29, 1.82) is 0 Å². The van der Waals surface area contributed by atoms with Crippen LogP contribution in [0.2, 0.25) is 0 Å². The van der Waals surface area contributed by atoms with Crippen LogP contribution in [0, 0.1) is 12.7 Å². The smallest absolute Gasteiger partial charge is 0.329 e. The van der Waals surface area contributed by atoms with Crippen LogP contribution >= 0.6 is 0 Å². The highest BCUT2D eigenvalue weighted by Crippen LogP contribution is 2.20. The third kappa shape index (κ3) is 3.40. The van der Waals surface area contributed by atoms with Crippen LogP contribution in [0.5, 0.6) is 0 Å². The Morgan fingerprint density at radius 3 is 2.59 bits per heavy atom. The number of aromatic amines is 1. The van der Waals surface area contributed by atoms with Gasteiger partial charge in [-0.1, -0.05) is 12.1 Å². The second-order valence-electron chi connectivity index (χ2n) is 8.33. The van der Waals surface area contributed by atoms with Gasteiger partial charge in [-0.25, -0.2) is 9.18 Å². The van der Waals surface area contributed by atoms with Gasteiger partial charge in [0.2, 0.25) is 5.78 Å². The van der Waals surface area contributed by atoms with Crippen LogP contribution in [-0.4, -0.2) is 61.1 Å². The Balaban J connectivity index is 1.27. The maximum absolute atomic E-state index is 14.0. The molecule has 9 nitrogen and oxygen atoms in total. The summed E-state index contributed by atoms with van der Waals surface area (Å²) in [6, 6.07) is 6.93. The van der Waals surface area contributed by atoms with Gasteiger partial charge in [-0.2, -0.15) is 4.98 Å². The van der Waals surface area contributed by atoms with E-state index in [1.807, 2.05) is 25.3 Å². The predicted octanol–water partition coefficient (Wildman–Crippen LogP) is 1.34. The molecule has 0 radical (unpaired) electrons. The molecule has 32 heavy (non-hydrogen) atoms. The summed E-state index contributed by atoms with van der Waals surface area (Å²) in [5.41, 5.74) is 1.54. The minimum atomic E-state index is -0.471. The quantitative estimate of drug-likeness (QED) is 0.507. The first kappa shape index (κ1) is 20.5. The molecule has 10 heteroatoms. The summed E-state index contributed by atoms with van der Waals surface area (Å²) >= 11 is 0. The number of nitrogens with zero attached hydrogens (tertiary/aromatic N) is 6. The number of hydrogen-bond acceptors (Lipinski definition) is 5. The summed E-state index contributed by atoms with van der Waals surface area (Å²) in [5, 5.41) is 0. The van der Waals surface area contributed by atoms with Crippen molar-refractivity contribution >= 4 is 22.6 Å². The molecule has 0 bridgehead atoms. The molecule has 4 aromatic rings. The summed E-state index contributed by atoms with van der Waals surface area (Å²) < 4.78 is 19.2. The minimum Gasteiger partial charge on any atom is -0.367 e. The van der Waals surface area contributed by atoms with E-state index < -0.39 is 11.2 Å². The number of aromatic nitrogens is 5. The number of imidazole rings is 2. The standard InChI is InChI=1S/C22H26FN7O2/c1-15-14-30-18-19(26(2)22(32)25-20(18)31)24-21(30)29(15)9-5-8-27-10-12-28(13-11-27)17-7-4-3-6-16(17)23/h3-4,6-7,14H,5,8-13H2,1-2H3,(H,25,31,32). The van der Waals surface area contributed by atoms with Crippen molar-refractivity contribution < 1.29 is 4.39 Å². The Morgan fingerprint density at radius 2 is 1.84 bits per heavy atom. The highest BCUT2D eigenvalue weighted by atomic mass is 19.1. The highest BCUT2D eigenvalue weighted by molar-refractivity contribution is 5.75. The van der Waals surface area contributed by atoms with Crippen molar-refractivity contribution in [3.8, 4) is 0 Å². The Kier molecular flexibility index (Phi) is 5.09. The second-order valence-corrected chi connectivity index (χ2v) is 8.33. The number of rotatable bonds is 5. The lowest BCUT2D eigenvalue weighted by atomic mass is 10.2.